The zero-order valence-electron chi connectivity index (χ0n) is 21.8. The number of nitrogens with zero attached hydrogens (tertiary/aromatic N) is 2. The third-order valence-electron chi connectivity index (χ3n) is 6.85. The van der Waals surface area contributed by atoms with Crippen LogP contribution in [-0.4, -0.2) is 50.0 Å². The fourth-order valence-corrected chi connectivity index (χ4v) is 6.40. The summed E-state index contributed by atoms with van der Waals surface area (Å²) in [6, 6.07) is 9.74. The van der Waals surface area contributed by atoms with Crippen LogP contribution < -0.4 is 9.62 Å². The van der Waals surface area contributed by atoms with Crippen LogP contribution in [0.25, 0.3) is 0 Å². The summed E-state index contributed by atoms with van der Waals surface area (Å²) < 4.78 is 26.9. The standard InChI is InChI=1S/C27H35Cl2N3O4S/c1-5-24(27(34)30-20-12-6-7-13-20)31(16-21-22(28)14-9-15-23(21)29)25(33)17-32(37(4,35)36)26-18(2)10-8-11-19(26)3/h8-11,14-15,20,24H,5-7,12-13,16-17H2,1-4H3,(H,30,34)/t24-/m1/s1. The molecule has 0 aromatic heterocycles. The van der Waals surface area contributed by atoms with E-state index in [4.69, 9.17) is 23.2 Å². The van der Waals surface area contributed by atoms with Crippen molar-refractivity contribution in [3.8, 4) is 0 Å². The van der Waals surface area contributed by atoms with Crippen molar-refractivity contribution in [2.45, 2.75) is 71.5 Å². The third kappa shape index (κ3) is 7.18. The first-order valence-electron chi connectivity index (χ1n) is 12.5. The van der Waals surface area contributed by atoms with Gasteiger partial charge in [0.05, 0.1) is 11.9 Å². The number of benzene rings is 2. The van der Waals surface area contributed by atoms with E-state index in [0.717, 1.165) is 47.4 Å². The Morgan fingerprint density at radius 2 is 1.57 bits per heavy atom. The van der Waals surface area contributed by atoms with Gasteiger partial charge in [-0.1, -0.05) is 67.2 Å². The van der Waals surface area contributed by atoms with Gasteiger partial charge in [0.1, 0.15) is 12.6 Å². The van der Waals surface area contributed by atoms with E-state index in [1.807, 2.05) is 13.0 Å². The van der Waals surface area contributed by atoms with Gasteiger partial charge in [0, 0.05) is 28.2 Å². The monoisotopic (exact) mass is 567 g/mol. The van der Waals surface area contributed by atoms with Gasteiger partial charge in [-0.15, -0.1) is 0 Å². The molecule has 0 aliphatic heterocycles. The molecule has 1 N–H and O–H groups in total. The van der Waals surface area contributed by atoms with Crippen LogP contribution in [0.1, 0.15) is 55.7 Å². The van der Waals surface area contributed by atoms with Crippen LogP contribution in [0.15, 0.2) is 36.4 Å². The summed E-state index contributed by atoms with van der Waals surface area (Å²) >= 11 is 12.9. The lowest BCUT2D eigenvalue weighted by molar-refractivity contribution is -0.140. The molecule has 1 fully saturated rings. The third-order valence-corrected chi connectivity index (χ3v) is 8.67. The first-order chi connectivity index (χ1) is 17.4. The molecule has 202 valence electrons. The smallest absolute Gasteiger partial charge is 0.244 e. The highest BCUT2D eigenvalue weighted by atomic mass is 35.5. The fourth-order valence-electron chi connectivity index (χ4n) is 4.92. The first-order valence-corrected chi connectivity index (χ1v) is 15.1. The first kappa shape index (κ1) is 29.3. The topological polar surface area (TPSA) is 86.8 Å². The van der Waals surface area contributed by atoms with Gasteiger partial charge in [-0.25, -0.2) is 8.42 Å². The predicted molar refractivity (Wildman–Crippen MR) is 150 cm³/mol. The van der Waals surface area contributed by atoms with Gasteiger partial charge < -0.3 is 10.2 Å². The molecule has 7 nitrogen and oxygen atoms in total. The minimum absolute atomic E-state index is 0.0295. The number of hydrogen-bond donors (Lipinski definition) is 1. The predicted octanol–water partition coefficient (Wildman–Crippen LogP) is 5.24. The maximum Gasteiger partial charge on any atom is 0.244 e. The number of amides is 2. The Morgan fingerprint density at radius 1 is 1.03 bits per heavy atom. The average molecular weight is 569 g/mol. The number of carbonyl (C=O) groups is 2. The number of nitrogens with one attached hydrogen (secondary N) is 1. The molecule has 0 saturated heterocycles. The molecule has 1 aliphatic carbocycles. The largest absolute Gasteiger partial charge is 0.352 e. The molecule has 1 saturated carbocycles. The van der Waals surface area contributed by atoms with E-state index < -0.39 is 28.5 Å². The molecule has 37 heavy (non-hydrogen) atoms. The summed E-state index contributed by atoms with van der Waals surface area (Å²) in [5.74, 6) is -0.776. The molecule has 10 heteroatoms. The Balaban J connectivity index is 2.01. The van der Waals surface area contributed by atoms with Gasteiger partial charge in [-0.2, -0.15) is 0 Å². The Morgan fingerprint density at radius 3 is 2.08 bits per heavy atom. The Labute approximate surface area is 230 Å². The van der Waals surface area contributed by atoms with Crippen LogP contribution in [0.4, 0.5) is 5.69 Å². The number of sulfonamides is 1. The number of anilines is 1. The molecular weight excluding hydrogens is 533 g/mol. The summed E-state index contributed by atoms with van der Waals surface area (Å²) in [6.45, 7) is 4.94. The number of halogens is 2. The molecule has 0 radical (unpaired) electrons. The van der Waals surface area contributed by atoms with E-state index in [1.165, 1.54) is 4.90 Å². The Kier molecular flexibility index (Phi) is 9.89. The van der Waals surface area contributed by atoms with E-state index in [2.05, 4.69) is 5.32 Å². The summed E-state index contributed by atoms with van der Waals surface area (Å²) in [5.41, 5.74) is 2.41. The summed E-state index contributed by atoms with van der Waals surface area (Å²) in [7, 11) is -3.82. The number of carbonyl (C=O) groups excluding carboxylic acids is 2. The highest BCUT2D eigenvalue weighted by Gasteiger charge is 2.34. The van der Waals surface area contributed by atoms with Gasteiger partial charge in [0.25, 0.3) is 0 Å². The van der Waals surface area contributed by atoms with Crippen LogP contribution in [-0.2, 0) is 26.2 Å². The molecule has 0 heterocycles. The maximum atomic E-state index is 13.9. The van der Waals surface area contributed by atoms with Crippen molar-refractivity contribution in [1.82, 2.24) is 10.2 Å². The molecule has 2 amide bonds. The van der Waals surface area contributed by atoms with Crippen molar-refractivity contribution in [3.63, 3.8) is 0 Å². The number of para-hydroxylation sites is 1. The molecule has 0 unspecified atom stereocenters. The normalized spacial score (nSPS) is 14.9. The van der Waals surface area contributed by atoms with E-state index in [-0.39, 0.29) is 18.5 Å². The molecular formula is C27H35Cl2N3O4S. The minimum atomic E-state index is -3.82. The fraction of sp³-hybridized carbons (Fsp3) is 0.481. The summed E-state index contributed by atoms with van der Waals surface area (Å²) in [5, 5.41) is 3.82. The molecule has 1 atom stereocenters. The van der Waals surface area contributed by atoms with Crippen LogP contribution in [0.3, 0.4) is 0 Å². The van der Waals surface area contributed by atoms with Crippen LogP contribution in [0.5, 0.6) is 0 Å². The lowest BCUT2D eigenvalue weighted by Crippen LogP contribution is -2.53. The zero-order chi connectivity index (χ0) is 27.3. The van der Waals surface area contributed by atoms with E-state index in [1.54, 1.807) is 44.2 Å². The highest BCUT2D eigenvalue weighted by molar-refractivity contribution is 7.92. The lowest BCUT2D eigenvalue weighted by Gasteiger charge is -2.34. The van der Waals surface area contributed by atoms with E-state index in [9.17, 15) is 18.0 Å². The Bertz CT molecular complexity index is 1210. The molecule has 1 aliphatic rings. The second-order valence-electron chi connectivity index (χ2n) is 9.65. The molecule has 2 aromatic rings. The molecule has 3 rings (SSSR count). The molecule has 0 spiro atoms. The number of hydrogen-bond acceptors (Lipinski definition) is 4. The second kappa shape index (κ2) is 12.5. The van der Waals surface area contributed by atoms with E-state index in [0.29, 0.717) is 27.7 Å². The van der Waals surface area contributed by atoms with Crippen molar-refractivity contribution in [2.75, 3.05) is 17.1 Å². The highest BCUT2D eigenvalue weighted by Crippen LogP contribution is 2.30. The number of aryl methyl sites for hydroxylation is 2. The van der Waals surface area contributed by atoms with Crippen LogP contribution >= 0.6 is 23.2 Å². The summed E-state index contributed by atoms with van der Waals surface area (Å²) in [4.78, 5) is 28.7. The maximum absolute atomic E-state index is 13.9. The quantitative estimate of drug-likeness (QED) is 0.425. The van der Waals surface area contributed by atoms with Crippen LogP contribution in [0, 0.1) is 13.8 Å². The van der Waals surface area contributed by atoms with Gasteiger partial charge in [0.15, 0.2) is 0 Å². The summed E-state index contributed by atoms with van der Waals surface area (Å²) in [6.07, 6.45) is 5.33. The van der Waals surface area contributed by atoms with Crippen molar-refractivity contribution >= 4 is 50.7 Å². The van der Waals surface area contributed by atoms with Crippen molar-refractivity contribution in [2.24, 2.45) is 0 Å². The van der Waals surface area contributed by atoms with Gasteiger partial charge in [-0.05, 0) is 56.4 Å². The lowest BCUT2D eigenvalue weighted by atomic mass is 10.1. The van der Waals surface area contributed by atoms with Crippen LogP contribution in [0.2, 0.25) is 10.0 Å². The number of rotatable bonds is 10. The molecule has 0 bridgehead atoms. The zero-order valence-corrected chi connectivity index (χ0v) is 24.1. The van der Waals surface area contributed by atoms with Gasteiger partial charge in [0.2, 0.25) is 21.8 Å². The van der Waals surface area contributed by atoms with Gasteiger partial charge >= 0.3 is 0 Å². The molecule has 2 aromatic carbocycles. The SMILES string of the molecule is CC[C@H](C(=O)NC1CCCC1)N(Cc1c(Cl)cccc1Cl)C(=O)CN(c1c(C)cccc1C)S(C)(=O)=O. The van der Waals surface area contributed by atoms with Crippen molar-refractivity contribution in [3.05, 3.63) is 63.1 Å². The minimum Gasteiger partial charge on any atom is -0.352 e. The van der Waals surface area contributed by atoms with Crippen molar-refractivity contribution in [1.29, 1.82) is 0 Å². The van der Waals surface area contributed by atoms with Gasteiger partial charge in [-0.3, -0.25) is 13.9 Å². The Hall–Kier alpha value is -2.29. The van der Waals surface area contributed by atoms with E-state index >= 15 is 0 Å². The second-order valence-corrected chi connectivity index (χ2v) is 12.4. The van der Waals surface area contributed by atoms with Crippen molar-refractivity contribution < 1.29 is 18.0 Å². The average Bonchev–Trinajstić information content (AvgIpc) is 3.32.